The lowest BCUT2D eigenvalue weighted by molar-refractivity contribution is -0.115. The zero-order chi connectivity index (χ0) is 19.2. The van der Waals surface area contributed by atoms with Crippen LogP contribution in [-0.2, 0) is 4.79 Å². The van der Waals surface area contributed by atoms with Gasteiger partial charge in [-0.25, -0.2) is 0 Å². The standard InChI is InChI=1S/C21H18N2O3S/c1-26-17-9-5-14(6-10-17)7-12-20(25)23-21(27)22-19-4-2-3-15-13-16(24)8-11-18(15)19/h2-13,24H,1H3,(H2,22,23,25,27)/b12-7+. The summed E-state index contributed by atoms with van der Waals surface area (Å²) in [6.45, 7) is 0. The van der Waals surface area contributed by atoms with Crippen molar-refractivity contribution in [3.05, 3.63) is 72.3 Å². The van der Waals surface area contributed by atoms with Crippen LogP contribution >= 0.6 is 12.2 Å². The number of hydrogen-bond acceptors (Lipinski definition) is 4. The fraction of sp³-hybridized carbons (Fsp3) is 0.0476. The van der Waals surface area contributed by atoms with Crippen LogP contribution in [0, 0.1) is 0 Å². The molecule has 0 aliphatic heterocycles. The molecule has 0 aliphatic rings. The highest BCUT2D eigenvalue weighted by Crippen LogP contribution is 2.26. The number of nitrogens with one attached hydrogen (secondary N) is 2. The number of anilines is 1. The van der Waals surface area contributed by atoms with E-state index in [2.05, 4.69) is 10.6 Å². The fourth-order valence-electron chi connectivity index (χ4n) is 2.57. The molecule has 0 saturated heterocycles. The Morgan fingerprint density at radius 2 is 1.89 bits per heavy atom. The smallest absolute Gasteiger partial charge is 0.250 e. The average molecular weight is 378 g/mol. The molecule has 0 radical (unpaired) electrons. The Balaban J connectivity index is 1.63. The summed E-state index contributed by atoms with van der Waals surface area (Å²) in [6, 6.07) is 18.0. The first-order valence-electron chi connectivity index (χ1n) is 8.21. The molecule has 0 fully saturated rings. The summed E-state index contributed by atoms with van der Waals surface area (Å²) in [5.74, 6) is 0.616. The zero-order valence-electron chi connectivity index (χ0n) is 14.6. The Kier molecular flexibility index (Phi) is 5.68. The van der Waals surface area contributed by atoms with Crippen molar-refractivity contribution in [2.24, 2.45) is 0 Å². The predicted octanol–water partition coefficient (Wildman–Crippen LogP) is 4.08. The van der Waals surface area contributed by atoms with Crippen LogP contribution in [0.3, 0.4) is 0 Å². The number of fused-ring (bicyclic) bond motifs is 1. The molecule has 3 aromatic carbocycles. The largest absolute Gasteiger partial charge is 0.508 e. The van der Waals surface area contributed by atoms with Gasteiger partial charge in [0, 0.05) is 17.1 Å². The van der Waals surface area contributed by atoms with Crippen LogP contribution in [0.15, 0.2) is 66.7 Å². The molecular formula is C21H18N2O3S. The maximum atomic E-state index is 12.1. The van der Waals surface area contributed by atoms with Crippen molar-refractivity contribution in [2.45, 2.75) is 0 Å². The number of ether oxygens (including phenoxy) is 1. The average Bonchev–Trinajstić information content (AvgIpc) is 2.66. The summed E-state index contributed by atoms with van der Waals surface area (Å²) in [6.07, 6.45) is 3.11. The first kappa shape index (κ1) is 18.4. The van der Waals surface area contributed by atoms with E-state index in [4.69, 9.17) is 17.0 Å². The minimum absolute atomic E-state index is 0.194. The highest BCUT2D eigenvalue weighted by molar-refractivity contribution is 7.80. The van der Waals surface area contributed by atoms with E-state index >= 15 is 0 Å². The molecule has 0 bridgehead atoms. The van der Waals surface area contributed by atoms with Gasteiger partial charge in [-0.15, -0.1) is 0 Å². The van der Waals surface area contributed by atoms with E-state index in [0.717, 1.165) is 27.8 Å². The number of aromatic hydroxyl groups is 1. The van der Waals surface area contributed by atoms with Crippen LogP contribution in [0.5, 0.6) is 11.5 Å². The van der Waals surface area contributed by atoms with Gasteiger partial charge in [0.25, 0.3) is 0 Å². The molecule has 3 aromatic rings. The second-order valence-electron chi connectivity index (χ2n) is 5.76. The molecule has 1 amide bonds. The number of thiocarbonyl (C=S) groups is 1. The van der Waals surface area contributed by atoms with E-state index in [9.17, 15) is 9.90 Å². The van der Waals surface area contributed by atoms with Gasteiger partial charge in [0.15, 0.2) is 5.11 Å². The molecule has 3 rings (SSSR count). The van der Waals surface area contributed by atoms with Crippen molar-refractivity contribution < 1.29 is 14.6 Å². The first-order valence-corrected chi connectivity index (χ1v) is 8.62. The quantitative estimate of drug-likeness (QED) is 0.471. The van der Waals surface area contributed by atoms with E-state index in [1.54, 1.807) is 31.4 Å². The SMILES string of the molecule is COc1ccc(/C=C/C(=O)NC(=S)Nc2cccc3cc(O)ccc23)cc1. The highest BCUT2D eigenvalue weighted by Gasteiger charge is 2.05. The number of methoxy groups -OCH3 is 1. The molecule has 0 aromatic heterocycles. The van der Waals surface area contributed by atoms with Gasteiger partial charge in [0.05, 0.1) is 7.11 Å². The summed E-state index contributed by atoms with van der Waals surface area (Å²) < 4.78 is 5.10. The van der Waals surface area contributed by atoms with Gasteiger partial charge < -0.3 is 15.2 Å². The fourth-order valence-corrected chi connectivity index (χ4v) is 2.78. The van der Waals surface area contributed by atoms with E-state index in [-0.39, 0.29) is 16.8 Å². The number of hydrogen-bond donors (Lipinski definition) is 3. The minimum Gasteiger partial charge on any atom is -0.508 e. The number of rotatable bonds is 4. The van der Waals surface area contributed by atoms with Gasteiger partial charge in [-0.05, 0) is 65.6 Å². The summed E-state index contributed by atoms with van der Waals surface area (Å²) in [4.78, 5) is 12.1. The number of phenols is 1. The third-order valence-corrected chi connectivity index (χ3v) is 4.10. The monoisotopic (exact) mass is 378 g/mol. The van der Waals surface area contributed by atoms with Crippen LogP contribution in [0.4, 0.5) is 5.69 Å². The molecule has 0 spiro atoms. The van der Waals surface area contributed by atoms with Crippen molar-refractivity contribution in [1.29, 1.82) is 0 Å². The maximum absolute atomic E-state index is 12.1. The summed E-state index contributed by atoms with van der Waals surface area (Å²) in [5, 5.41) is 17.2. The van der Waals surface area contributed by atoms with Gasteiger partial charge in [-0.2, -0.15) is 0 Å². The minimum atomic E-state index is -0.332. The number of carbonyl (C=O) groups is 1. The third-order valence-electron chi connectivity index (χ3n) is 3.89. The molecule has 0 saturated carbocycles. The lowest BCUT2D eigenvalue weighted by atomic mass is 10.1. The van der Waals surface area contributed by atoms with Gasteiger partial charge >= 0.3 is 0 Å². The molecule has 0 unspecified atom stereocenters. The van der Waals surface area contributed by atoms with Crippen LogP contribution in [0.2, 0.25) is 0 Å². The van der Waals surface area contributed by atoms with Crippen LogP contribution in [0.1, 0.15) is 5.56 Å². The van der Waals surface area contributed by atoms with Gasteiger partial charge in [0.2, 0.25) is 5.91 Å². The Hall–Kier alpha value is -3.38. The summed E-state index contributed by atoms with van der Waals surface area (Å²) >= 11 is 5.22. The topological polar surface area (TPSA) is 70.6 Å². The Labute approximate surface area is 162 Å². The van der Waals surface area contributed by atoms with Crippen LogP contribution in [0.25, 0.3) is 16.8 Å². The van der Waals surface area contributed by atoms with E-state index in [0.29, 0.717) is 0 Å². The Morgan fingerprint density at radius 1 is 1.11 bits per heavy atom. The van der Waals surface area contributed by atoms with Gasteiger partial charge in [-0.3, -0.25) is 10.1 Å². The molecule has 27 heavy (non-hydrogen) atoms. The van der Waals surface area contributed by atoms with Crippen molar-refractivity contribution >= 4 is 45.8 Å². The normalized spacial score (nSPS) is 10.7. The number of phenolic OH excluding ortho intramolecular Hbond substituents is 1. The van der Waals surface area contributed by atoms with Crippen molar-refractivity contribution in [3.8, 4) is 11.5 Å². The van der Waals surface area contributed by atoms with Crippen LogP contribution < -0.4 is 15.4 Å². The summed E-state index contributed by atoms with van der Waals surface area (Å²) in [7, 11) is 1.60. The molecule has 0 atom stereocenters. The second-order valence-corrected chi connectivity index (χ2v) is 6.17. The Morgan fingerprint density at radius 3 is 2.63 bits per heavy atom. The lowest BCUT2D eigenvalue weighted by Gasteiger charge is -2.11. The van der Waals surface area contributed by atoms with Crippen molar-refractivity contribution in [2.75, 3.05) is 12.4 Å². The van der Waals surface area contributed by atoms with Gasteiger partial charge in [0.1, 0.15) is 11.5 Å². The third kappa shape index (κ3) is 4.83. The molecular weight excluding hydrogens is 360 g/mol. The Bertz CT molecular complexity index is 1010. The molecule has 5 nitrogen and oxygen atoms in total. The number of amides is 1. The van der Waals surface area contributed by atoms with E-state index in [1.807, 2.05) is 42.5 Å². The first-order chi connectivity index (χ1) is 13.0. The molecule has 3 N–H and O–H groups in total. The predicted molar refractivity (Wildman–Crippen MR) is 112 cm³/mol. The lowest BCUT2D eigenvalue weighted by Crippen LogP contribution is -2.32. The number of benzene rings is 3. The maximum Gasteiger partial charge on any atom is 0.250 e. The molecule has 6 heteroatoms. The second kappa shape index (κ2) is 8.33. The molecule has 136 valence electrons. The number of carbonyl (C=O) groups excluding carboxylic acids is 1. The van der Waals surface area contributed by atoms with E-state index in [1.165, 1.54) is 6.08 Å². The van der Waals surface area contributed by atoms with Crippen LogP contribution in [-0.4, -0.2) is 23.2 Å². The molecule has 0 heterocycles. The van der Waals surface area contributed by atoms with Gasteiger partial charge in [-0.1, -0.05) is 24.3 Å². The van der Waals surface area contributed by atoms with Crippen molar-refractivity contribution in [3.63, 3.8) is 0 Å². The van der Waals surface area contributed by atoms with Crippen molar-refractivity contribution in [1.82, 2.24) is 5.32 Å². The summed E-state index contributed by atoms with van der Waals surface area (Å²) in [5.41, 5.74) is 1.62. The molecule has 0 aliphatic carbocycles. The zero-order valence-corrected chi connectivity index (χ0v) is 15.4. The highest BCUT2D eigenvalue weighted by atomic mass is 32.1. The van der Waals surface area contributed by atoms with E-state index < -0.39 is 0 Å².